The van der Waals surface area contributed by atoms with Crippen molar-refractivity contribution in [1.29, 1.82) is 0 Å². The van der Waals surface area contributed by atoms with Crippen LogP contribution in [0.2, 0.25) is 0 Å². The molecular weight excluding hydrogens is 174 g/mol. The van der Waals surface area contributed by atoms with E-state index in [1.165, 1.54) is 52.2 Å². The zero-order valence-corrected chi connectivity index (χ0v) is 9.76. The van der Waals surface area contributed by atoms with E-state index >= 15 is 0 Å². The maximum atomic E-state index is 3.37. The van der Waals surface area contributed by atoms with Crippen molar-refractivity contribution in [3.63, 3.8) is 0 Å². The van der Waals surface area contributed by atoms with Crippen LogP contribution in [0, 0.1) is 0 Å². The smallest absolute Gasteiger partial charge is 0.0110 e. The van der Waals surface area contributed by atoms with Gasteiger partial charge in [0, 0.05) is 26.2 Å². The van der Waals surface area contributed by atoms with Crippen molar-refractivity contribution < 1.29 is 0 Å². The molecule has 1 aliphatic heterocycles. The molecule has 14 heavy (non-hydrogen) atoms. The predicted octanol–water partition coefficient (Wildman–Crippen LogP) is 0.624. The van der Waals surface area contributed by atoms with Gasteiger partial charge in [-0.3, -0.25) is 0 Å². The lowest BCUT2D eigenvalue weighted by atomic mass is 10.3. The largest absolute Gasteiger partial charge is 0.317 e. The summed E-state index contributed by atoms with van der Waals surface area (Å²) in [7, 11) is 0. The molecule has 84 valence electrons. The molecule has 3 nitrogen and oxygen atoms in total. The summed E-state index contributed by atoms with van der Waals surface area (Å²) in [4.78, 5) is 5.12. The van der Waals surface area contributed by atoms with E-state index in [1.54, 1.807) is 0 Å². The molecule has 1 N–H and O–H groups in total. The summed E-state index contributed by atoms with van der Waals surface area (Å²) < 4.78 is 0. The van der Waals surface area contributed by atoms with Crippen LogP contribution in [0.1, 0.15) is 20.3 Å². The van der Waals surface area contributed by atoms with Crippen LogP contribution in [0.25, 0.3) is 0 Å². The Hall–Kier alpha value is -0.120. The lowest BCUT2D eigenvalue weighted by Crippen LogP contribution is -2.46. The summed E-state index contributed by atoms with van der Waals surface area (Å²) in [6.07, 6.45) is 1.29. The maximum Gasteiger partial charge on any atom is 0.0110 e. The van der Waals surface area contributed by atoms with E-state index in [1.807, 2.05) is 0 Å². The van der Waals surface area contributed by atoms with Gasteiger partial charge in [0.25, 0.3) is 0 Å². The van der Waals surface area contributed by atoms with E-state index in [2.05, 4.69) is 29.0 Å². The number of nitrogens with zero attached hydrogens (tertiary/aromatic N) is 2. The highest BCUT2D eigenvalue weighted by Gasteiger charge is 2.14. The highest BCUT2D eigenvalue weighted by molar-refractivity contribution is 4.70. The van der Waals surface area contributed by atoms with E-state index in [-0.39, 0.29) is 0 Å². The van der Waals surface area contributed by atoms with Crippen LogP contribution in [0.15, 0.2) is 0 Å². The molecule has 0 spiro atoms. The van der Waals surface area contributed by atoms with Crippen molar-refractivity contribution >= 4 is 0 Å². The minimum Gasteiger partial charge on any atom is -0.317 e. The Morgan fingerprint density at radius 1 is 1.00 bits per heavy atom. The normalized spacial score (nSPS) is 20.1. The third-order valence-corrected chi connectivity index (χ3v) is 2.99. The van der Waals surface area contributed by atoms with Crippen molar-refractivity contribution in [1.82, 2.24) is 15.1 Å². The van der Waals surface area contributed by atoms with Crippen LogP contribution in [0.4, 0.5) is 0 Å². The van der Waals surface area contributed by atoms with E-state index < -0.39 is 0 Å². The SMILES string of the molecule is CCNCCCN1CCN(CC)CC1. The zero-order valence-electron chi connectivity index (χ0n) is 9.76. The third-order valence-electron chi connectivity index (χ3n) is 2.99. The zero-order chi connectivity index (χ0) is 10.2. The van der Waals surface area contributed by atoms with Gasteiger partial charge in [-0.1, -0.05) is 13.8 Å². The van der Waals surface area contributed by atoms with Crippen molar-refractivity contribution in [2.24, 2.45) is 0 Å². The van der Waals surface area contributed by atoms with Crippen LogP contribution >= 0.6 is 0 Å². The molecule has 0 unspecified atom stereocenters. The Bertz CT molecular complexity index is 130. The van der Waals surface area contributed by atoms with Crippen molar-refractivity contribution in [3.8, 4) is 0 Å². The average molecular weight is 199 g/mol. The van der Waals surface area contributed by atoms with Gasteiger partial charge in [-0.15, -0.1) is 0 Å². The lowest BCUT2D eigenvalue weighted by Gasteiger charge is -2.33. The van der Waals surface area contributed by atoms with Gasteiger partial charge in [0.2, 0.25) is 0 Å². The quantitative estimate of drug-likeness (QED) is 0.633. The number of piperazine rings is 1. The van der Waals surface area contributed by atoms with Crippen LogP contribution in [0.3, 0.4) is 0 Å². The lowest BCUT2D eigenvalue weighted by molar-refractivity contribution is 0.136. The molecule has 0 aromatic heterocycles. The molecule has 0 radical (unpaired) electrons. The fourth-order valence-electron chi connectivity index (χ4n) is 1.93. The first-order valence-electron chi connectivity index (χ1n) is 6.02. The van der Waals surface area contributed by atoms with Crippen LogP contribution in [-0.2, 0) is 0 Å². The number of hydrogen-bond acceptors (Lipinski definition) is 3. The number of nitrogens with one attached hydrogen (secondary N) is 1. The first-order chi connectivity index (χ1) is 6.86. The topological polar surface area (TPSA) is 18.5 Å². The van der Waals surface area contributed by atoms with Crippen molar-refractivity contribution in [2.45, 2.75) is 20.3 Å². The third kappa shape index (κ3) is 4.40. The second-order valence-corrected chi connectivity index (χ2v) is 3.98. The number of hydrogen-bond donors (Lipinski definition) is 1. The molecule has 0 aromatic rings. The van der Waals surface area contributed by atoms with Gasteiger partial charge in [-0.05, 0) is 32.6 Å². The van der Waals surface area contributed by atoms with Crippen LogP contribution in [0.5, 0.6) is 0 Å². The van der Waals surface area contributed by atoms with Crippen molar-refractivity contribution in [3.05, 3.63) is 0 Å². The molecule has 1 rings (SSSR count). The minimum absolute atomic E-state index is 1.10. The summed E-state index contributed by atoms with van der Waals surface area (Å²) in [5, 5.41) is 3.37. The van der Waals surface area contributed by atoms with Crippen molar-refractivity contribution in [2.75, 3.05) is 52.4 Å². The molecule has 0 bridgehead atoms. The summed E-state index contributed by atoms with van der Waals surface area (Å²) in [6, 6.07) is 0. The minimum atomic E-state index is 1.10. The Morgan fingerprint density at radius 3 is 2.21 bits per heavy atom. The van der Waals surface area contributed by atoms with Gasteiger partial charge in [0.05, 0.1) is 0 Å². The molecule has 0 saturated carbocycles. The summed E-state index contributed by atoms with van der Waals surface area (Å²) in [6.45, 7) is 14.2. The van der Waals surface area contributed by atoms with Gasteiger partial charge in [-0.25, -0.2) is 0 Å². The fraction of sp³-hybridized carbons (Fsp3) is 1.00. The van der Waals surface area contributed by atoms with Gasteiger partial charge in [0.1, 0.15) is 0 Å². The van der Waals surface area contributed by atoms with Gasteiger partial charge < -0.3 is 15.1 Å². The summed E-state index contributed by atoms with van der Waals surface area (Å²) in [5.41, 5.74) is 0. The van der Waals surface area contributed by atoms with Gasteiger partial charge >= 0.3 is 0 Å². The molecule has 0 atom stereocenters. The van der Waals surface area contributed by atoms with Crippen LogP contribution < -0.4 is 5.32 Å². The molecule has 1 fully saturated rings. The first kappa shape index (κ1) is 12.0. The fourth-order valence-corrected chi connectivity index (χ4v) is 1.93. The van der Waals surface area contributed by atoms with E-state index in [9.17, 15) is 0 Å². The Morgan fingerprint density at radius 2 is 1.64 bits per heavy atom. The highest BCUT2D eigenvalue weighted by atomic mass is 15.3. The van der Waals surface area contributed by atoms with Crippen LogP contribution in [-0.4, -0.2) is 62.2 Å². The van der Waals surface area contributed by atoms with E-state index in [0.29, 0.717) is 0 Å². The number of likely N-dealkylation sites (N-methyl/N-ethyl adjacent to an activating group) is 1. The monoisotopic (exact) mass is 199 g/mol. The van der Waals surface area contributed by atoms with E-state index in [0.717, 1.165) is 6.54 Å². The molecular formula is C11H25N3. The molecule has 0 aromatic carbocycles. The second-order valence-electron chi connectivity index (χ2n) is 3.98. The molecule has 1 saturated heterocycles. The Balaban J connectivity index is 1.98. The number of rotatable bonds is 6. The first-order valence-corrected chi connectivity index (χ1v) is 6.02. The summed E-state index contributed by atoms with van der Waals surface area (Å²) in [5.74, 6) is 0. The standard InChI is InChI=1S/C11H25N3/c1-3-12-6-5-7-14-10-8-13(4-2)9-11-14/h12H,3-11H2,1-2H3. The Labute approximate surface area is 88.5 Å². The molecule has 1 heterocycles. The van der Waals surface area contributed by atoms with E-state index in [4.69, 9.17) is 0 Å². The predicted molar refractivity (Wildman–Crippen MR) is 61.7 cm³/mol. The molecule has 0 amide bonds. The Kier molecular flexibility index (Phi) is 6.15. The molecule has 1 aliphatic rings. The average Bonchev–Trinajstić information content (AvgIpc) is 2.25. The summed E-state index contributed by atoms with van der Waals surface area (Å²) >= 11 is 0. The second kappa shape index (κ2) is 7.21. The van der Waals surface area contributed by atoms with Gasteiger partial charge in [-0.2, -0.15) is 0 Å². The molecule has 0 aliphatic carbocycles. The maximum absolute atomic E-state index is 3.37. The highest BCUT2D eigenvalue weighted by Crippen LogP contribution is 2.01. The molecule has 3 heteroatoms. The van der Waals surface area contributed by atoms with Gasteiger partial charge in [0.15, 0.2) is 0 Å².